The summed E-state index contributed by atoms with van der Waals surface area (Å²) in [6.45, 7) is 1.59. The van der Waals surface area contributed by atoms with Crippen LogP contribution in [0.3, 0.4) is 0 Å². The van der Waals surface area contributed by atoms with Crippen molar-refractivity contribution in [3.63, 3.8) is 0 Å². The second-order valence-corrected chi connectivity index (χ2v) is 6.93. The molecule has 1 saturated heterocycles. The van der Waals surface area contributed by atoms with E-state index in [2.05, 4.69) is 10.6 Å². The van der Waals surface area contributed by atoms with Gasteiger partial charge in [0, 0.05) is 11.6 Å². The largest absolute Gasteiger partial charge is 0.350 e. The van der Waals surface area contributed by atoms with Crippen LogP contribution in [-0.2, 0) is 21.7 Å². The maximum Gasteiger partial charge on any atom is 0.325 e. The Balaban J connectivity index is 1.69. The molecule has 0 bridgehead atoms. The molecule has 28 heavy (non-hydrogen) atoms. The maximum absolute atomic E-state index is 13.2. The van der Waals surface area contributed by atoms with Gasteiger partial charge in [0.1, 0.15) is 17.9 Å². The van der Waals surface area contributed by atoms with Crippen molar-refractivity contribution in [3.05, 3.63) is 70.5 Å². The molecule has 2 aromatic carbocycles. The standard InChI is InChI=1S/C20H19ClFN3O3/c1-2-20(14-5-9-16(22)10-6-14)18(27)25(19(28)24-20)12-17(26)23-11-13-3-7-15(21)8-4-13/h3-10H,2,11-12H2,1H3,(H,23,26)(H,24,28)/t20-/m1/s1. The van der Waals surface area contributed by atoms with Crippen LogP contribution in [0.4, 0.5) is 9.18 Å². The summed E-state index contributed by atoms with van der Waals surface area (Å²) in [6, 6.07) is 11.7. The lowest BCUT2D eigenvalue weighted by Gasteiger charge is -2.25. The average Bonchev–Trinajstić information content (AvgIpc) is 2.93. The fraction of sp³-hybridized carbons (Fsp3) is 0.250. The van der Waals surface area contributed by atoms with Gasteiger partial charge < -0.3 is 10.6 Å². The number of halogens is 2. The number of imide groups is 1. The molecule has 3 rings (SSSR count). The van der Waals surface area contributed by atoms with E-state index in [1.165, 1.54) is 24.3 Å². The number of carbonyl (C=O) groups excluding carboxylic acids is 3. The van der Waals surface area contributed by atoms with Gasteiger partial charge in [-0.2, -0.15) is 0 Å². The minimum atomic E-state index is -1.30. The second kappa shape index (κ2) is 7.98. The summed E-state index contributed by atoms with van der Waals surface area (Å²) >= 11 is 5.82. The van der Waals surface area contributed by atoms with Crippen LogP contribution < -0.4 is 10.6 Å². The zero-order valence-electron chi connectivity index (χ0n) is 15.2. The smallest absolute Gasteiger partial charge is 0.325 e. The number of carbonyl (C=O) groups is 3. The predicted octanol–water partition coefficient (Wildman–Crippen LogP) is 2.95. The lowest BCUT2D eigenvalue weighted by Crippen LogP contribution is -2.44. The van der Waals surface area contributed by atoms with Crippen LogP contribution in [0.25, 0.3) is 0 Å². The molecule has 146 valence electrons. The SMILES string of the molecule is CC[C@]1(c2ccc(F)cc2)NC(=O)N(CC(=O)NCc2ccc(Cl)cc2)C1=O. The topological polar surface area (TPSA) is 78.5 Å². The molecule has 2 N–H and O–H groups in total. The van der Waals surface area contributed by atoms with Gasteiger partial charge in [0.2, 0.25) is 5.91 Å². The highest BCUT2D eigenvalue weighted by Gasteiger charge is 2.51. The lowest BCUT2D eigenvalue weighted by molar-refractivity contribution is -0.135. The van der Waals surface area contributed by atoms with E-state index in [4.69, 9.17) is 11.6 Å². The van der Waals surface area contributed by atoms with Gasteiger partial charge in [-0.05, 0) is 41.8 Å². The highest BCUT2D eigenvalue weighted by molar-refractivity contribution is 6.30. The Kier molecular flexibility index (Phi) is 5.65. The molecule has 8 heteroatoms. The number of rotatable bonds is 6. The molecule has 1 heterocycles. The van der Waals surface area contributed by atoms with Gasteiger partial charge in [-0.3, -0.25) is 14.5 Å². The van der Waals surface area contributed by atoms with Gasteiger partial charge in [-0.1, -0.05) is 42.8 Å². The Morgan fingerprint density at radius 2 is 1.79 bits per heavy atom. The molecule has 0 aliphatic carbocycles. The third-order valence-electron chi connectivity index (χ3n) is 4.75. The van der Waals surface area contributed by atoms with Crippen molar-refractivity contribution < 1.29 is 18.8 Å². The Hall–Kier alpha value is -2.93. The molecule has 2 aromatic rings. The highest BCUT2D eigenvalue weighted by atomic mass is 35.5. The molecule has 1 aliphatic rings. The number of nitrogens with zero attached hydrogens (tertiary/aromatic N) is 1. The van der Waals surface area contributed by atoms with Crippen LogP contribution >= 0.6 is 11.6 Å². The molecule has 1 aliphatic heterocycles. The van der Waals surface area contributed by atoms with Crippen LogP contribution in [0, 0.1) is 5.82 Å². The molecule has 0 saturated carbocycles. The van der Waals surface area contributed by atoms with Gasteiger partial charge in [-0.25, -0.2) is 9.18 Å². The molecule has 1 atom stereocenters. The Bertz CT molecular complexity index is 902. The number of amides is 4. The number of benzene rings is 2. The summed E-state index contributed by atoms with van der Waals surface area (Å²) in [7, 11) is 0. The number of hydrogen-bond donors (Lipinski definition) is 2. The van der Waals surface area contributed by atoms with Gasteiger partial charge in [-0.15, -0.1) is 0 Å². The fourth-order valence-corrected chi connectivity index (χ4v) is 3.27. The van der Waals surface area contributed by atoms with E-state index in [9.17, 15) is 18.8 Å². The number of hydrogen-bond acceptors (Lipinski definition) is 3. The first kappa shape index (κ1) is 19.8. The first-order chi connectivity index (χ1) is 13.4. The average molecular weight is 404 g/mol. The van der Waals surface area contributed by atoms with Gasteiger partial charge in [0.05, 0.1) is 0 Å². The summed E-state index contributed by atoms with van der Waals surface area (Å²) in [6.07, 6.45) is 0.270. The lowest BCUT2D eigenvalue weighted by atomic mass is 9.87. The van der Waals surface area contributed by atoms with Crippen molar-refractivity contribution in [2.75, 3.05) is 6.54 Å². The summed E-state index contributed by atoms with van der Waals surface area (Å²) in [5.74, 6) is -1.44. The Morgan fingerprint density at radius 1 is 1.14 bits per heavy atom. The molecule has 0 spiro atoms. The summed E-state index contributed by atoms with van der Waals surface area (Å²) in [5, 5.41) is 5.92. The normalized spacial score (nSPS) is 18.9. The van der Waals surface area contributed by atoms with Crippen LogP contribution in [-0.4, -0.2) is 29.3 Å². The van der Waals surface area contributed by atoms with Crippen molar-refractivity contribution >= 4 is 29.4 Å². The van der Waals surface area contributed by atoms with E-state index in [0.717, 1.165) is 10.5 Å². The molecular formula is C20H19ClFN3O3. The third kappa shape index (κ3) is 3.84. The molecule has 0 unspecified atom stereocenters. The van der Waals surface area contributed by atoms with Crippen molar-refractivity contribution in [1.29, 1.82) is 0 Å². The van der Waals surface area contributed by atoms with Crippen molar-refractivity contribution in [1.82, 2.24) is 15.5 Å². The first-order valence-corrected chi connectivity index (χ1v) is 9.15. The molecule has 0 aromatic heterocycles. The zero-order valence-corrected chi connectivity index (χ0v) is 15.9. The van der Waals surface area contributed by atoms with Gasteiger partial charge in [0.25, 0.3) is 5.91 Å². The Labute approximate surface area is 166 Å². The van der Waals surface area contributed by atoms with E-state index in [-0.39, 0.29) is 13.0 Å². The van der Waals surface area contributed by atoms with Crippen LogP contribution in [0.1, 0.15) is 24.5 Å². The minimum absolute atomic E-state index is 0.247. The maximum atomic E-state index is 13.2. The van der Waals surface area contributed by atoms with Crippen LogP contribution in [0.5, 0.6) is 0 Å². The minimum Gasteiger partial charge on any atom is -0.350 e. The third-order valence-corrected chi connectivity index (χ3v) is 5.00. The molecule has 4 amide bonds. The van der Waals surface area contributed by atoms with Crippen molar-refractivity contribution in [2.45, 2.75) is 25.4 Å². The van der Waals surface area contributed by atoms with Crippen molar-refractivity contribution in [2.24, 2.45) is 0 Å². The summed E-state index contributed by atoms with van der Waals surface area (Å²) in [4.78, 5) is 38.5. The quantitative estimate of drug-likeness (QED) is 0.728. The number of nitrogens with one attached hydrogen (secondary N) is 2. The van der Waals surface area contributed by atoms with E-state index in [0.29, 0.717) is 10.6 Å². The molecule has 0 radical (unpaired) electrons. The summed E-state index contributed by atoms with van der Waals surface area (Å²) < 4.78 is 13.2. The van der Waals surface area contributed by atoms with Crippen LogP contribution in [0.2, 0.25) is 5.02 Å². The summed E-state index contributed by atoms with van der Waals surface area (Å²) in [5.41, 5.74) is 0.00400. The monoisotopic (exact) mass is 403 g/mol. The Morgan fingerprint density at radius 3 is 2.39 bits per heavy atom. The van der Waals surface area contributed by atoms with Crippen LogP contribution in [0.15, 0.2) is 48.5 Å². The predicted molar refractivity (Wildman–Crippen MR) is 102 cm³/mol. The molecular weight excluding hydrogens is 385 g/mol. The van der Waals surface area contributed by atoms with E-state index in [1.54, 1.807) is 31.2 Å². The molecule has 1 fully saturated rings. The highest BCUT2D eigenvalue weighted by Crippen LogP contribution is 2.32. The first-order valence-electron chi connectivity index (χ1n) is 8.77. The van der Waals surface area contributed by atoms with E-state index in [1.807, 2.05) is 0 Å². The second-order valence-electron chi connectivity index (χ2n) is 6.49. The van der Waals surface area contributed by atoms with Gasteiger partial charge in [0.15, 0.2) is 0 Å². The van der Waals surface area contributed by atoms with Gasteiger partial charge >= 0.3 is 6.03 Å². The van der Waals surface area contributed by atoms with Crippen molar-refractivity contribution in [3.8, 4) is 0 Å². The fourth-order valence-electron chi connectivity index (χ4n) is 3.15. The van der Waals surface area contributed by atoms with E-state index >= 15 is 0 Å². The number of urea groups is 1. The van der Waals surface area contributed by atoms with E-state index < -0.39 is 35.7 Å². The molecule has 6 nitrogen and oxygen atoms in total. The zero-order chi connectivity index (χ0) is 20.3.